The fourth-order valence-electron chi connectivity index (χ4n) is 6.88. The average Bonchev–Trinajstić information content (AvgIpc) is 3.67. The van der Waals surface area contributed by atoms with Gasteiger partial charge in [-0.2, -0.15) is 0 Å². The average molecular weight is 845 g/mol. The molecule has 1 unspecified atom stereocenters. The van der Waals surface area contributed by atoms with E-state index in [2.05, 4.69) is 51.0 Å². The normalized spacial score (nSPS) is 13.5. The number of phenols is 1. The number of aromatic nitrogens is 1. The van der Waals surface area contributed by atoms with E-state index in [0.29, 0.717) is 17.0 Å². The van der Waals surface area contributed by atoms with Crippen molar-refractivity contribution in [3.8, 4) is 5.75 Å². The molecule has 0 aliphatic rings. The maximum absolute atomic E-state index is 13.9. The largest absolute Gasteiger partial charge is 0.508 e. The summed E-state index contributed by atoms with van der Waals surface area (Å²) in [5, 5.41) is 20.9. The van der Waals surface area contributed by atoms with Gasteiger partial charge < -0.3 is 37.1 Å². The molecular formula is C47H56N8O7. The standard InChI is InChI=1S/C47H56N8O7/c1-28(2)22-32-14-18-34(19-15-32)29(3)43(58)53-41(25-35-26-49-39-13-9-8-12-37(35)39)47(62)55-54-46(61)40(24-31-10-6-5-7-11-31)52-42(57)27-50-44(59)30(4)51-45(60)38(48)23-33-16-20-36(56)21-17-33/h5-21,26,28-30,38,40-41,49,56H,22-25,27,48H2,1-4H3,(H,50,59)(H,51,60)(H,52,57)(H,53,58)(H,54,61)(H,55,62)/t29?,30-,38+,40+,41+/m1/s1. The van der Waals surface area contributed by atoms with Crippen LogP contribution in [0.15, 0.2) is 109 Å². The van der Waals surface area contributed by atoms with Gasteiger partial charge in [0.2, 0.25) is 23.6 Å². The third-order valence-electron chi connectivity index (χ3n) is 10.4. The van der Waals surface area contributed by atoms with E-state index in [1.807, 2.05) is 48.5 Å². The van der Waals surface area contributed by atoms with Crippen LogP contribution in [0.2, 0.25) is 0 Å². The highest BCUT2D eigenvalue weighted by molar-refractivity contribution is 5.95. The van der Waals surface area contributed by atoms with Crippen molar-refractivity contribution in [2.75, 3.05) is 6.54 Å². The summed E-state index contributed by atoms with van der Waals surface area (Å²) >= 11 is 0. The van der Waals surface area contributed by atoms with Crippen LogP contribution in [0.4, 0.5) is 0 Å². The Bertz CT molecular complexity index is 2310. The number of hydrazine groups is 1. The Hall–Kier alpha value is -7.00. The number of aromatic amines is 1. The lowest BCUT2D eigenvalue weighted by Crippen LogP contribution is -2.58. The van der Waals surface area contributed by atoms with Crippen molar-refractivity contribution in [3.63, 3.8) is 0 Å². The van der Waals surface area contributed by atoms with Crippen molar-refractivity contribution >= 4 is 46.3 Å². The molecule has 0 spiro atoms. The molecule has 5 aromatic rings. The van der Waals surface area contributed by atoms with Crippen molar-refractivity contribution in [2.24, 2.45) is 11.7 Å². The van der Waals surface area contributed by atoms with Crippen LogP contribution in [-0.4, -0.2) is 76.2 Å². The van der Waals surface area contributed by atoms with Crippen LogP contribution in [0.5, 0.6) is 5.75 Å². The van der Waals surface area contributed by atoms with E-state index in [1.54, 1.807) is 55.6 Å². The molecule has 0 aliphatic heterocycles. The van der Waals surface area contributed by atoms with E-state index >= 15 is 0 Å². The van der Waals surface area contributed by atoms with Gasteiger partial charge in [-0.3, -0.25) is 39.6 Å². The van der Waals surface area contributed by atoms with E-state index in [4.69, 9.17) is 5.73 Å². The van der Waals surface area contributed by atoms with Crippen LogP contribution in [0.25, 0.3) is 10.9 Å². The molecule has 0 radical (unpaired) electrons. The number of H-pyrrole nitrogens is 1. The molecule has 62 heavy (non-hydrogen) atoms. The number of hydrogen-bond acceptors (Lipinski definition) is 8. The van der Waals surface area contributed by atoms with Crippen LogP contribution >= 0.6 is 0 Å². The van der Waals surface area contributed by atoms with Gasteiger partial charge in [0, 0.05) is 29.9 Å². The zero-order valence-electron chi connectivity index (χ0n) is 35.4. The fraction of sp³-hybridized carbons (Fsp3) is 0.319. The molecule has 5 atom stereocenters. The van der Waals surface area contributed by atoms with Crippen LogP contribution in [0, 0.1) is 5.92 Å². The molecule has 0 aliphatic carbocycles. The highest BCUT2D eigenvalue weighted by Gasteiger charge is 2.28. The number of phenolic OH excluding ortho intramolecular Hbond substituents is 1. The van der Waals surface area contributed by atoms with Crippen molar-refractivity contribution in [1.29, 1.82) is 0 Å². The van der Waals surface area contributed by atoms with Crippen molar-refractivity contribution in [3.05, 3.63) is 137 Å². The summed E-state index contributed by atoms with van der Waals surface area (Å²) in [5.74, 6) is -3.81. The van der Waals surface area contributed by atoms with Gasteiger partial charge in [0.25, 0.3) is 11.8 Å². The Morgan fingerprint density at radius 3 is 1.84 bits per heavy atom. The van der Waals surface area contributed by atoms with Gasteiger partial charge in [-0.25, -0.2) is 0 Å². The molecular weight excluding hydrogens is 789 g/mol. The maximum Gasteiger partial charge on any atom is 0.261 e. The lowest BCUT2D eigenvalue weighted by molar-refractivity contribution is -0.134. The van der Waals surface area contributed by atoms with Gasteiger partial charge in [0.15, 0.2) is 0 Å². The third kappa shape index (κ3) is 13.5. The van der Waals surface area contributed by atoms with Crippen LogP contribution in [0.3, 0.4) is 0 Å². The Morgan fingerprint density at radius 1 is 0.597 bits per heavy atom. The summed E-state index contributed by atoms with van der Waals surface area (Å²) in [5.41, 5.74) is 15.9. The molecule has 1 aromatic heterocycles. The van der Waals surface area contributed by atoms with Crippen molar-refractivity contribution in [1.82, 2.24) is 37.1 Å². The zero-order chi connectivity index (χ0) is 44.8. The second-order valence-electron chi connectivity index (χ2n) is 15.9. The predicted octanol–water partition coefficient (Wildman–Crippen LogP) is 2.97. The number of benzene rings is 4. The first-order valence-corrected chi connectivity index (χ1v) is 20.7. The summed E-state index contributed by atoms with van der Waals surface area (Å²) in [7, 11) is 0. The molecule has 6 amide bonds. The topological polar surface area (TPSA) is 237 Å². The summed E-state index contributed by atoms with van der Waals surface area (Å²) in [6.07, 6.45) is 2.99. The van der Waals surface area contributed by atoms with Crippen molar-refractivity contribution in [2.45, 2.75) is 83.5 Å². The second kappa shape index (κ2) is 22.0. The van der Waals surface area contributed by atoms with Gasteiger partial charge >= 0.3 is 0 Å². The second-order valence-corrected chi connectivity index (χ2v) is 15.9. The summed E-state index contributed by atoms with van der Waals surface area (Å²) in [6.45, 7) is 6.96. The van der Waals surface area contributed by atoms with Crippen molar-refractivity contribution < 1.29 is 33.9 Å². The van der Waals surface area contributed by atoms with Gasteiger partial charge in [-0.05, 0) is 78.6 Å². The molecule has 0 saturated carbocycles. The number of fused-ring (bicyclic) bond motifs is 1. The molecule has 0 bridgehead atoms. The zero-order valence-corrected chi connectivity index (χ0v) is 35.4. The third-order valence-corrected chi connectivity index (χ3v) is 10.4. The SMILES string of the molecule is CC(C)Cc1ccc(C(C)C(=O)N[C@@H](Cc2c[nH]c3ccccc23)C(=O)NNC(=O)[C@H](Cc2ccccc2)NC(=O)CNC(=O)[C@@H](C)NC(=O)[C@@H](N)Cc2ccc(O)cc2)cc1. The van der Waals surface area contributed by atoms with Crippen LogP contribution in [0.1, 0.15) is 61.4 Å². The predicted molar refractivity (Wildman–Crippen MR) is 236 cm³/mol. The summed E-state index contributed by atoms with van der Waals surface area (Å²) in [4.78, 5) is 83.2. The first kappa shape index (κ1) is 46.1. The summed E-state index contributed by atoms with van der Waals surface area (Å²) < 4.78 is 0. The number of carbonyl (C=O) groups excluding carboxylic acids is 6. The maximum atomic E-state index is 13.9. The lowest BCUT2D eigenvalue weighted by Gasteiger charge is -2.23. The Labute approximate surface area is 361 Å². The van der Waals surface area contributed by atoms with E-state index in [1.165, 1.54) is 19.1 Å². The molecule has 0 saturated heterocycles. The van der Waals surface area contributed by atoms with Crippen LogP contribution < -0.4 is 37.9 Å². The molecule has 326 valence electrons. The minimum absolute atomic E-state index is 0.0383. The molecule has 15 heteroatoms. The number of para-hydroxylation sites is 1. The molecule has 4 aromatic carbocycles. The van der Waals surface area contributed by atoms with E-state index in [-0.39, 0.29) is 30.9 Å². The molecule has 0 fully saturated rings. The summed E-state index contributed by atoms with van der Waals surface area (Å²) in [6, 6.07) is 26.2. The first-order valence-electron chi connectivity index (χ1n) is 20.7. The Kier molecular flexibility index (Phi) is 16.4. The highest BCUT2D eigenvalue weighted by Crippen LogP contribution is 2.21. The molecule has 1 heterocycles. The molecule has 5 rings (SSSR count). The Balaban J connectivity index is 1.21. The highest BCUT2D eigenvalue weighted by atomic mass is 16.3. The van der Waals surface area contributed by atoms with E-state index < -0.39 is 66.2 Å². The smallest absolute Gasteiger partial charge is 0.261 e. The monoisotopic (exact) mass is 844 g/mol. The molecule has 10 N–H and O–H groups in total. The van der Waals surface area contributed by atoms with Gasteiger partial charge in [0.05, 0.1) is 18.5 Å². The van der Waals surface area contributed by atoms with Crippen LogP contribution in [-0.2, 0) is 54.5 Å². The minimum Gasteiger partial charge on any atom is -0.508 e. The van der Waals surface area contributed by atoms with Gasteiger partial charge in [0.1, 0.15) is 23.9 Å². The van der Waals surface area contributed by atoms with E-state index in [0.717, 1.165) is 34.0 Å². The number of rotatable bonds is 19. The number of aromatic hydroxyl groups is 1. The molecule has 15 nitrogen and oxygen atoms in total. The number of nitrogens with two attached hydrogens (primary N) is 1. The number of amides is 6. The quantitative estimate of drug-likeness (QED) is 0.0559. The van der Waals surface area contributed by atoms with Gasteiger partial charge in [-0.15, -0.1) is 0 Å². The number of hydrogen-bond donors (Lipinski definition) is 9. The number of nitrogens with one attached hydrogen (secondary N) is 7. The lowest BCUT2D eigenvalue weighted by atomic mass is 9.95. The minimum atomic E-state index is -1.20. The van der Waals surface area contributed by atoms with E-state index in [9.17, 15) is 33.9 Å². The van der Waals surface area contributed by atoms with Gasteiger partial charge in [-0.1, -0.05) is 98.8 Å². The number of carbonyl (C=O) groups is 6. The Morgan fingerprint density at radius 2 is 1.18 bits per heavy atom. The first-order chi connectivity index (χ1) is 29.7. The fourth-order valence-corrected chi connectivity index (χ4v) is 6.88.